The zero-order chi connectivity index (χ0) is 29.6. The molecule has 2 aliphatic rings. The average molecular weight is 639 g/mol. The van der Waals surface area contributed by atoms with Gasteiger partial charge in [0.2, 0.25) is 0 Å². The van der Waals surface area contributed by atoms with Gasteiger partial charge in [0, 0.05) is 57.6 Å². The predicted octanol–water partition coefficient (Wildman–Crippen LogP) is 6.89. The van der Waals surface area contributed by atoms with E-state index >= 15 is 0 Å². The number of aromatic hydroxyl groups is 2. The summed E-state index contributed by atoms with van der Waals surface area (Å²) in [5.41, 5.74) is 1.61. The van der Waals surface area contributed by atoms with Gasteiger partial charge in [-0.1, -0.05) is 27.7 Å². The van der Waals surface area contributed by atoms with Crippen molar-refractivity contribution < 1.29 is 10.2 Å². The van der Waals surface area contributed by atoms with Crippen LogP contribution in [0.2, 0.25) is 0 Å². The number of pyridine rings is 2. The molecule has 4 rings (SSSR count). The number of rotatable bonds is 16. The normalized spacial score (nSPS) is 14.9. The first-order chi connectivity index (χ1) is 19.5. The summed E-state index contributed by atoms with van der Waals surface area (Å²) in [5.74, 6) is 6.81. The number of fused-ring (bicyclic) bond motifs is 2. The van der Waals surface area contributed by atoms with Crippen LogP contribution in [0.3, 0.4) is 0 Å². The Morgan fingerprint density at radius 3 is 1.51 bits per heavy atom. The van der Waals surface area contributed by atoms with Gasteiger partial charge in [-0.3, -0.25) is 18.7 Å². The van der Waals surface area contributed by atoms with Crippen molar-refractivity contribution in [3.8, 4) is 11.8 Å². The summed E-state index contributed by atoms with van der Waals surface area (Å²) in [6.45, 7) is 9.87. The molecule has 0 bridgehead atoms. The first-order valence-corrected chi connectivity index (χ1v) is 19.1. The Labute approximate surface area is 261 Å². The Bertz CT molecular complexity index is 1220. The third-order valence-corrected chi connectivity index (χ3v) is 12.4. The molecular weight excluding hydrogens is 593 g/mol. The van der Waals surface area contributed by atoms with Crippen LogP contribution in [0, 0.1) is 10.8 Å². The second-order valence-electron chi connectivity index (χ2n) is 12.8. The molecule has 0 aliphatic carbocycles. The fourth-order valence-corrected chi connectivity index (χ4v) is 9.80. The number of aromatic nitrogens is 2. The molecule has 2 aliphatic heterocycles. The maximum atomic E-state index is 12.6. The summed E-state index contributed by atoms with van der Waals surface area (Å²) in [7, 11) is 0. The van der Waals surface area contributed by atoms with Crippen LogP contribution in [0.4, 0.5) is 0 Å². The van der Waals surface area contributed by atoms with Crippen molar-refractivity contribution in [3.05, 3.63) is 44.0 Å². The average Bonchev–Trinajstić information content (AvgIpc) is 3.57. The third-order valence-electron chi connectivity index (χ3n) is 7.94. The van der Waals surface area contributed by atoms with Gasteiger partial charge in [0.05, 0.1) is 0 Å². The zero-order valence-corrected chi connectivity index (χ0v) is 28.3. The molecule has 0 saturated carbocycles. The van der Waals surface area contributed by atoms with E-state index in [1.807, 2.05) is 23.5 Å². The van der Waals surface area contributed by atoms with Crippen LogP contribution in [-0.2, 0) is 25.9 Å². The van der Waals surface area contributed by atoms with Crippen LogP contribution in [0.25, 0.3) is 0 Å². The second kappa shape index (κ2) is 14.6. The van der Waals surface area contributed by atoms with Crippen LogP contribution in [0.1, 0.15) is 70.9 Å². The molecule has 0 fully saturated rings. The van der Waals surface area contributed by atoms with Crippen molar-refractivity contribution in [1.82, 2.24) is 9.13 Å². The van der Waals surface area contributed by atoms with Gasteiger partial charge in [-0.15, -0.1) is 23.5 Å². The molecule has 2 N–H and O–H groups in total. The van der Waals surface area contributed by atoms with Gasteiger partial charge in [-0.05, 0) is 78.8 Å². The van der Waals surface area contributed by atoms with Crippen molar-refractivity contribution in [2.45, 2.75) is 95.5 Å². The molecule has 4 heterocycles. The summed E-state index contributed by atoms with van der Waals surface area (Å²) < 4.78 is 3.15. The van der Waals surface area contributed by atoms with E-state index in [4.69, 9.17) is 0 Å². The quantitative estimate of drug-likeness (QED) is 0.193. The van der Waals surface area contributed by atoms with Gasteiger partial charge in [-0.2, -0.15) is 23.5 Å². The maximum Gasteiger partial charge on any atom is 0.254 e. The van der Waals surface area contributed by atoms with Gasteiger partial charge in [0.25, 0.3) is 11.1 Å². The Kier molecular flexibility index (Phi) is 11.7. The predicted molar refractivity (Wildman–Crippen MR) is 179 cm³/mol. The molecule has 2 aromatic rings. The Balaban J connectivity index is 1.06. The zero-order valence-electron chi connectivity index (χ0n) is 25.0. The number of hydrogen-bond donors (Lipinski definition) is 2. The summed E-state index contributed by atoms with van der Waals surface area (Å²) in [4.78, 5) is 27.0. The standard InChI is InChI=1S/C31H46N2O4S4/c1-30(2,20-32-26(34)18-24-22(28(32)36)8-16-40-24)10-5-12-38-14-7-15-39-13-6-11-31(3,4)21-33-27(35)19-25-23(29(33)37)9-17-41-25/h18-19,36-37H,5-17,20-21H2,1-4H3. The number of nitrogens with zero attached hydrogens (tertiary/aromatic N) is 2. The minimum Gasteiger partial charge on any atom is -0.494 e. The van der Waals surface area contributed by atoms with Crippen LogP contribution < -0.4 is 11.1 Å². The van der Waals surface area contributed by atoms with Gasteiger partial charge in [0.15, 0.2) is 11.8 Å². The van der Waals surface area contributed by atoms with Gasteiger partial charge < -0.3 is 10.2 Å². The van der Waals surface area contributed by atoms with Crippen LogP contribution >= 0.6 is 47.0 Å². The highest BCUT2D eigenvalue weighted by Gasteiger charge is 2.26. The highest BCUT2D eigenvalue weighted by Crippen LogP contribution is 2.38. The number of hydrogen-bond acceptors (Lipinski definition) is 8. The summed E-state index contributed by atoms with van der Waals surface area (Å²) in [6, 6.07) is 3.39. The Hall–Kier alpha value is -1.10. The first kappa shape index (κ1) is 32.8. The molecule has 0 spiro atoms. The minimum absolute atomic E-state index is 0.0441. The van der Waals surface area contributed by atoms with E-state index in [1.54, 1.807) is 44.8 Å². The third kappa shape index (κ3) is 8.96. The summed E-state index contributed by atoms with van der Waals surface area (Å²) >= 11 is 7.34. The van der Waals surface area contributed by atoms with E-state index in [0.29, 0.717) is 13.1 Å². The monoisotopic (exact) mass is 638 g/mol. The lowest BCUT2D eigenvalue weighted by Gasteiger charge is -2.26. The van der Waals surface area contributed by atoms with Gasteiger partial charge in [0.1, 0.15) is 0 Å². The van der Waals surface area contributed by atoms with E-state index in [9.17, 15) is 19.8 Å². The van der Waals surface area contributed by atoms with E-state index in [1.165, 1.54) is 17.9 Å². The van der Waals surface area contributed by atoms with Crippen molar-refractivity contribution in [3.63, 3.8) is 0 Å². The van der Waals surface area contributed by atoms with Gasteiger partial charge in [-0.25, -0.2) is 0 Å². The lowest BCUT2D eigenvalue weighted by molar-refractivity contribution is 0.256. The topological polar surface area (TPSA) is 84.5 Å². The molecule has 0 saturated heterocycles. The van der Waals surface area contributed by atoms with Crippen molar-refractivity contribution in [2.24, 2.45) is 10.8 Å². The lowest BCUT2D eigenvalue weighted by atomic mass is 9.88. The first-order valence-electron chi connectivity index (χ1n) is 14.8. The molecule has 0 amide bonds. The fourth-order valence-electron chi connectivity index (χ4n) is 5.66. The van der Waals surface area contributed by atoms with Crippen LogP contribution in [0.5, 0.6) is 11.8 Å². The van der Waals surface area contributed by atoms with Crippen LogP contribution in [0.15, 0.2) is 31.5 Å². The molecule has 0 aromatic carbocycles. The highest BCUT2D eigenvalue weighted by atomic mass is 32.2. The largest absolute Gasteiger partial charge is 0.494 e. The highest BCUT2D eigenvalue weighted by molar-refractivity contribution is 8.00. The van der Waals surface area contributed by atoms with Crippen molar-refractivity contribution >= 4 is 47.0 Å². The molecule has 2 aromatic heterocycles. The molecule has 0 atom stereocenters. The van der Waals surface area contributed by atoms with E-state index in [2.05, 4.69) is 27.7 Å². The second-order valence-corrected chi connectivity index (χ2v) is 17.5. The molecule has 0 unspecified atom stereocenters. The van der Waals surface area contributed by atoms with E-state index in [-0.39, 0.29) is 33.7 Å². The lowest BCUT2D eigenvalue weighted by Crippen LogP contribution is -2.29. The Morgan fingerprint density at radius 2 is 1.10 bits per heavy atom. The van der Waals surface area contributed by atoms with Crippen LogP contribution in [-0.4, -0.2) is 53.9 Å². The molecule has 6 nitrogen and oxygen atoms in total. The SMILES string of the molecule is CC(C)(CCCSCCCSCCCC(C)(C)Cn1c(O)c2c(cc1=O)SCC2)Cn1c(O)c2c(cc1=O)SCC2. The molecule has 0 radical (unpaired) electrons. The molecule has 41 heavy (non-hydrogen) atoms. The van der Waals surface area contributed by atoms with Crippen molar-refractivity contribution in [2.75, 3.05) is 34.5 Å². The smallest absolute Gasteiger partial charge is 0.254 e. The molecule has 10 heteroatoms. The molecule has 228 valence electrons. The van der Waals surface area contributed by atoms with E-state index < -0.39 is 0 Å². The van der Waals surface area contributed by atoms with Crippen molar-refractivity contribution in [1.29, 1.82) is 0 Å². The summed E-state index contributed by atoms with van der Waals surface area (Å²) in [5, 5.41) is 21.3. The number of thioether (sulfide) groups is 4. The maximum absolute atomic E-state index is 12.6. The fraction of sp³-hybridized carbons (Fsp3) is 0.677. The van der Waals surface area contributed by atoms with E-state index in [0.717, 1.165) is 82.5 Å². The summed E-state index contributed by atoms with van der Waals surface area (Å²) in [6.07, 6.45) is 7.14. The van der Waals surface area contributed by atoms with Gasteiger partial charge >= 0.3 is 0 Å². The molecular formula is C31H46N2O4S4. The Morgan fingerprint density at radius 1 is 0.707 bits per heavy atom. The minimum atomic E-state index is -0.0905.